The number of carbonyl (C=O) groups is 2. The maximum atomic E-state index is 14.5. The molecule has 3 aromatic rings. The Morgan fingerprint density at radius 3 is 2.00 bits per heavy atom. The van der Waals surface area contributed by atoms with Crippen molar-refractivity contribution in [3.8, 4) is 35.2 Å². The van der Waals surface area contributed by atoms with Gasteiger partial charge in [0.25, 0.3) is 0 Å². The molecule has 0 aliphatic heterocycles. The van der Waals surface area contributed by atoms with Crippen LogP contribution in [0.2, 0.25) is 0 Å². The summed E-state index contributed by atoms with van der Waals surface area (Å²) in [5.41, 5.74) is 2.45. The van der Waals surface area contributed by atoms with Crippen LogP contribution in [0.25, 0.3) is 0 Å². The molecule has 0 amide bonds. The highest BCUT2D eigenvalue weighted by molar-refractivity contribution is 5.86. The number of benzene rings is 3. The van der Waals surface area contributed by atoms with Crippen LogP contribution in [0.15, 0.2) is 91.5 Å². The van der Waals surface area contributed by atoms with E-state index in [9.17, 15) is 14.0 Å². The summed E-state index contributed by atoms with van der Waals surface area (Å²) in [7, 11) is 0. The van der Waals surface area contributed by atoms with E-state index in [0.29, 0.717) is 33.8 Å². The molecule has 0 radical (unpaired) electrons. The fraction of sp³-hybridized carbons (Fsp3) is 0.0968. The van der Waals surface area contributed by atoms with Crippen molar-refractivity contribution in [3.63, 3.8) is 0 Å². The SMILES string of the molecule is C=CC(=O)Oc1ccc(C#Cc2ccc(C#Cc3ccc(OCCOC(=O)C(=C)C)cc3)c(F)c2)cc1. The summed E-state index contributed by atoms with van der Waals surface area (Å²) < 4.78 is 30.0. The second-order valence-electron chi connectivity index (χ2n) is 7.63. The average Bonchev–Trinajstić information content (AvgIpc) is 2.90. The van der Waals surface area contributed by atoms with E-state index < -0.39 is 17.8 Å². The maximum absolute atomic E-state index is 14.5. The lowest BCUT2D eigenvalue weighted by molar-refractivity contribution is -0.139. The summed E-state index contributed by atoms with van der Waals surface area (Å²) in [5.74, 6) is 11.1. The molecule has 0 fully saturated rings. The molecule has 0 saturated heterocycles. The van der Waals surface area contributed by atoms with Crippen LogP contribution in [0.5, 0.6) is 11.5 Å². The van der Waals surface area contributed by atoms with E-state index in [4.69, 9.17) is 14.2 Å². The van der Waals surface area contributed by atoms with Crippen molar-refractivity contribution in [2.24, 2.45) is 0 Å². The topological polar surface area (TPSA) is 61.8 Å². The van der Waals surface area contributed by atoms with E-state index in [1.54, 1.807) is 67.6 Å². The molecule has 0 aromatic heterocycles. The number of hydrogen-bond donors (Lipinski definition) is 0. The zero-order valence-corrected chi connectivity index (χ0v) is 20.2. The third-order valence-electron chi connectivity index (χ3n) is 4.69. The second-order valence-corrected chi connectivity index (χ2v) is 7.63. The molecule has 0 atom stereocenters. The lowest BCUT2D eigenvalue weighted by atomic mass is 10.1. The second kappa shape index (κ2) is 13.1. The van der Waals surface area contributed by atoms with Gasteiger partial charge in [-0.2, -0.15) is 0 Å². The highest BCUT2D eigenvalue weighted by atomic mass is 19.1. The Hall–Kier alpha value is -5.07. The van der Waals surface area contributed by atoms with Gasteiger partial charge in [0.15, 0.2) is 0 Å². The van der Waals surface area contributed by atoms with E-state index in [-0.39, 0.29) is 18.8 Å². The van der Waals surface area contributed by atoms with Gasteiger partial charge in [0, 0.05) is 28.3 Å². The highest BCUT2D eigenvalue weighted by Crippen LogP contribution is 2.14. The molecule has 0 aliphatic carbocycles. The summed E-state index contributed by atoms with van der Waals surface area (Å²) in [6, 6.07) is 18.2. The standard InChI is InChI=1S/C31H23FO5/c1-4-30(33)37-28-17-11-23(12-18-28)5-6-25-8-14-26(29(32)21-25)13-7-24-9-15-27(16-10-24)35-19-20-36-31(34)22(2)3/h4,8-12,14-18,21H,1-2,19-20H2,3H3. The summed E-state index contributed by atoms with van der Waals surface area (Å²) in [6.07, 6.45) is 1.08. The van der Waals surface area contributed by atoms with E-state index in [1.807, 2.05) is 0 Å². The predicted molar refractivity (Wildman–Crippen MR) is 138 cm³/mol. The van der Waals surface area contributed by atoms with Gasteiger partial charge in [-0.1, -0.05) is 36.8 Å². The molecule has 184 valence electrons. The molecule has 5 nitrogen and oxygen atoms in total. The van der Waals surface area contributed by atoms with Crippen LogP contribution in [-0.2, 0) is 14.3 Å². The number of hydrogen-bond acceptors (Lipinski definition) is 5. The molecular formula is C31H23FO5. The van der Waals surface area contributed by atoms with Crippen molar-refractivity contribution in [2.45, 2.75) is 6.92 Å². The average molecular weight is 495 g/mol. The van der Waals surface area contributed by atoms with Crippen molar-refractivity contribution in [1.82, 2.24) is 0 Å². The molecule has 0 spiro atoms. The first kappa shape index (κ1) is 26.5. The first-order valence-corrected chi connectivity index (χ1v) is 11.2. The van der Waals surface area contributed by atoms with Gasteiger partial charge < -0.3 is 14.2 Å². The Labute approximate surface area is 215 Å². The van der Waals surface area contributed by atoms with E-state index in [1.165, 1.54) is 6.07 Å². The van der Waals surface area contributed by atoms with Gasteiger partial charge in [-0.05, 0) is 73.7 Å². The van der Waals surface area contributed by atoms with Gasteiger partial charge in [0.1, 0.15) is 30.5 Å². The Balaban J connectivity index is 1.57. The van der Waals surface area contributed by atoms with E-state index in [0.717, 1.165) is 6.08 Å². The lowest BCUT2D eigenvalue weighted by Gasteiger charge is -2.07. The predicted octanol–water partition coefficient (Wildman–Crippen LogP) is 5.21. The van der Waals surface area contributed by atoms with Crippen molar-refractivity contribution < 1.29 is 28.2 Å². The highest BCUT2D eigenvalue weighted by Gasteiger charge is 2.03. The quantitative estimate of drug-likeness (QED) is 0.148. The zero-order chi connectivity index (χ0) is 26.6. The third-order valence-corrected chi connectivity index (χ3v) is 4.69. The van der Waals surface area contributed by atoms with Crippen LogP contribution in [0, 0.1) is 29.5 Å². The molecule has 0 saturated carbocycles. The molecule has 0 heterocycles. The van der Waals surface area contributed by atoms with Gasteiger partial charge in [-0.3, -0.25) is 0 Å². The Kier molecular flexibility index (Phi) is 9.42. The Morgan fingerprint density at radius 1 is 0.838 bits per heavy atom. The molecule has 0 N–H and O–H groups in total. The maximum Gasteiger partial charge on any atom is 0.335 e. The molecule has 0 aliphatic rings. The fourth-order valence-electron chi connectivity index (χ4n) is 2.79. The largest absolute Gasteiger partial charge is 0.490 e. The number of carbonyl (C=O) groups excluding carboxylic acids is 2. The summed E-state index contributed by atoms with van der Waals surface area (Å²) in [6.45, 7) is 8.76. The van der Waals surface area contributed by atoms with Crippen LogP contribution < -0.4 is 9.47 Å². The number of ether oxygens (including phenoxy) is 3. The zero-order valence-electron chi connectivity index (χ0n) is 20.2. The molecule has 3 rings (SSSR count). The Bertz CT molecular complexity index is 1430. The fourth-order valence-corrected chi connectivity index (χ4v) is 2.79. The van der Waals surface area contributed by atoms with Crippen molar-refractivity contribution in [1.29, 1.82) is 0 Å². The Morgan fingerprint density at radius 2 is 1.41 bits per heavy atom. The van der Waals surface area contributed by atoms with E-state index >= 15 is 0 Å². The number of rotatable bonds is 7. The van der Waals surface area contributed by atoms with Gasteiger partial charge in [0.2, 0.25) is 0 Å². The number of halogens is 1. The first-order valence-electron chi connectivity index (χ1n) is 11.2. The lowest BCUT2D eigenvalue weighted by Crippen LogP contribution is -2.12. The molecule has 6 heteroatoms. The van der Waals surface area contributed by atoms with Crippen molar-refractivity contribution >= 4 is 11.9 Å². The molecular weight excluding hydrogens is 471 g/mol. The van der Waals surface area contributed by atoms with Gasteiger partial charge in [-0.15, -0.1) is 0 Å². The van der Waals surface area contributed by atoms with Crippen LogP contribution in [0.3, 0.4) is 0 Å². The van der Waals surface area contributed by atoms with Crippen LogP contribution in [0.4, 0.5) is 4.39 Å². The van der Waals surface area contributed by atoms with E-state index in [2.05, 4.69) is 36.8 Å². The number of esters is 2. The smallest absolute Gasteiger partial charge is 0.335 e. The summed E-state index contributed by atoms with van der Waals surface area (Å²) in [4.78, 5) is 22.5. The van der Waals surface area contributed by atoms with Crippen LogP contribution >= 0.6 is 0 Å². The van der Waals surface area contributed by atoms with Gasteiger partial charge >= 0.3 is 11.9 Å². The monoisotopic (exact) mass is 494 g/mol. The first-order chi connectivity index (χ1) is 17.8. The minimum Gasteiger partial charge on any atom is -0.490 e. The minimum absolute atomic E-state index is 0.117. The summed E-state index contributed by atoms with van der Waals surface area (Å²) >= 11 is 0. The normalized spacial score (nSPS) is 9.57. The third kappa shape index (κ3) is 8.58. The van der Waals surface area contributed by atoms with Crippen LogP contribution in [-0.4, -0.2) is 25.2 Å². The van der Waals surface area contributed by atoms with Crippen molar-refractivity contribution in [3.05, 3.63) is 120 Å². The molecule has 0 bridgehead atoms. The van der Waals surface area contributed by atoms with Crippen molar-refractivity contribution in [2.75, 3.05) is 13.2 Å². The van der Waals surface area contributed by atoms with Gasteiger partial charge in [-0.25, -0.2) is 14.0 Å². The van der Waals surface area contributed by atoms with Crippen LogP contribution in [0.1, 0.15) is 29.2 Å². The molecule has 37 heavy (non-hydrogen) atoms. The minimum atomic E-state index is -0.542. The van der Waals surface area contributed by atoms with Gasteiger partial charge in [0.05, 0.1) is 5.56 Å². The molecule has 3 aromatic carbocycles. The summed E-state index contributed by atoms with van der Waals surface area (Å²) in [5, 5.41) is 0. The molecule has 0 unspecified atom stereocenters.